The van der Waals surface area contributed by atoms with E-state index in [2.05, 4.69) is 38.4 Å². The van der Waals surface area contributed by atoms with Crippen molar-refractivity contribution in [1.29, 1.82) is 0 Å². The number of hydrogen-bond acceptors (Lipinski definition) is 6. The summed E-state index contributed by atoms with van der Waals surface area (Å²) in [5, 5.41) is 3.17. The van der Waals surface area contributed by atoms with Crippen LogP contribution >= 0.6 is 0 Å². The number of anilines is 4. The number of para-hydroxylation sites is 2. The first-order chi connectivity index (χ1) is 13.2. The Morgan fingerprint density at radius 1 is 1.11 bits per heavy atom. The molecule has 136 valence electrons. The molecule has 0 saturated carbocycles. The summed E-state index contributed by atoms with van der Waals surface area (Å²) in [4.78, 5) is 23.4. The maximum atomic E-state index is 12.0. The number of nitrogens with one attached hydrogen (secondary N) is 1. The van der Waals surface area contributed by atoms with Crippen molar-refractivity contribution in [2.24, 2.45) is 0 Å². The Kier molecular flexibility index (Phi) is 4.46. The highest BCUT2D eigenvalue weighted by atomic mass is 16.5. The predicted molar refractivity (Wildman–Crippen MR) is 105 cm³/mol. The second-order valence-electron chi connectivity index (χ2n) is 6.38. The van der Waals surface area contributed by atoms with Gasteiger partial charge in [0.05, 0.1) is 18.4 Å². The number of fused-ring (bicyclic) bond motifs is 1. The number of nitrogens with zero attached hydrogens (tertiary/aromatic N) is 3. The highest BCUT2D eigenvalue weighted by Gasteiger charge is 2.22. The number of aryl methyl sites for hydroxylation is 1. The molecule has 1 N–H and O–H groups in total. The Hall–Kier alpha value is -3.41. The van der Waals surface area contributed by atoms with Crippen molar-refractivity contribution in [1.82, 2.24) is 9.97 Å². The number of rotatable bonds is 4. The first kappa shape index (κ1) is 17.0. The highest BCUT2D eigenvalue weighted by Crippen LogP contribution is 2.34. The molecule has 0 bridgehead atoms. The van der Waals surface area contributed by atoms with Crippen LogP contribution in [0.25, 0.3) is 0 Å². The van der Waals surface area contributed by atoms with Gasteiger partial charge >= 0.3 is 5.97 Å². The Morgan fingerprint density at radius 3 is 2.74 bits per heavy atom. The van der Waals surface area contributed by atoms with Gasteiger partial charge in [-0.1, -0.05) is 30.3 Å². The molecule has 0 saturated heterocycles. The molecular formula is C21H20N4O2. The molecule has 0 aliphatic carbocycles. The molecule has 6 heteroatoms. The fourth-order valence-corrected chi connectivity index (χ4v) is 3.32. The maximum absolute atomic E-state index is 12.0. The second kappa shape index (κ2) is 7.07. The monoisotopic (exact) mass is 360 g/mol. The lowest BCUT2D eigenvalue weighted by atomic mass is 10.2. The normalized spacial score (nSPS) is 12.6. The zero-order valence-electron chi connectivity index (χ0n) is 15.3. The molecule has 3 aromatic rings. The van der Waals surface area contributed by atoms with Crippen molar-refractivity contribution < 1.29 is 9.53 Å². The molecule has 1 aliphatic rings. The average molecular weight is 360 g/mol. The fraction of sp³-hybridized carbons (Fsp3) is 0.190. The minimum absolute atomic E-state index is 0.403. The van der Waals surface area contributed by atoms with Crippen LogP contribution in [0.1, 0.15) is 21.6 Å². The van der Waals surface area contributed by atoms with Crippen molar-refractivity contribution >= 4 is 29.1 Å². The van der Waals surface area contributed by atoms with E-state index < -0.39 is 5.97 Å². The standard InChI is InChI=1S/C21H20N4O2/c1-14-13-19(25-12-11-15-7-3-6-10-18(15)25)24-21(22-14)23-17-9-5-4-8-16(17)20(26)27-2/h3-10,13H,11-12H2,1-2H3,(H,22,23,24). The minimum Gasteiger partial charge on any atom is -0.465 e. The van der Waals surface area contributed by atoms with Gasteiger partial charge < -0.3 is 15.0 Å². The largest absolute Gasteiger partial charge is 0.465 e. The highest BCUT2D eigenvalue weighted by molar-refractivity contribution is 5.96. The van der Waals surface area contributed by atoms with Gasteiger partial charge in [-0.2, -0.15) is 4.98 Å². The molecule has 0 spiro atoms. The zero-order chi connectivity index (χ0) is 18.8. The van der Waals surface area contributed by atoms with Gasteiger partial charge in [-0.3, -0.25) is 0 Å². The van der Waals surface area contributed by atoms with Crippen molar-refractivity contribution in [2.75, 3.05) is 23.9 Å². The van der Waals surface area contributed by atoms with E-state index in [1.807, 2.05) is 31.2 Å². The van der Waals surface area contributed by atoms with Gasteiger partial charge in [0.15, 0.2) is 0 Å². The third kappa shape index (κ3) is 3.33. The third-order valence-corrected chi connectivity index (χ3v) is 4.58. The van der Waals surface area contributed by atoms with E-state index >= 15 is 0 Å². The van der Waals surface area contributed by atoms with Crippen molar-refractivity contribution in [3.8, 4) is 0 Å². The summed E-state index contributed by atoms with van der Waals surface area (Å²) in [6, 6.07) is 17.5. The van der Waals surface area contributed by atoms with Crippen LogP contribution in [0.15, 0.2) is 54.6 Å². The molecule has 0 unspecified atom stereocenters. The summed E-state index contributed by atoms with van der Waals surface area (Å²) in [5.41, 5.74) is 4.40. The number of ether oxygens (including phenoxy) is 1. The van der Waals surface area contributed by atoms with E-state index in [0.717, 1.165) is 24.5 Å². The molecule has 0 fully saturated rings. The summed E-state index contributed by atoms with van der Waals surface area (Å²) in [7, 11) is 1.37. The predicted octanol–water partition coefficient (Wildman–Crippen LogP) is 4.01. The lowest BCUT2D eigenvalue weighted by Crippen LogP contribution is -2.16. The molecule has 2 heterocycles. The van der Waals surface area contributed by atoms with Crippen molar-refractivity contribution in [3.05, 3.63) is 71.4 Å². The number of carbonyl (C=O) groups is 1. The van der Waals surface area contributed by atoms with E-state index in [1.165, 1.54) is 18.4 Å². The van der Waals surface area contributed by atoms with Crippen LogP contribution in [0, 0.1) is 6.92 Å². The van der Waals surface area contributed by atoms with Gasteiger partial charge in [-0.15, -0.1) is 0 Å². The summed E-state index contributed by atoms with van der Waals surface area (Å²) in [6.07, 6.45) is 0.993. The first-order valence-electron chi connectivity index (χ1n) is 8.81. The zero-order valence-corrected chi connectivity index (χ0v) is 15.3. The van der Waals surface area contributed by atoms with Crippen LogP contribution in [0.5, 0.6) is 0 Å². The smallest absolute Gasteiger partial charge is 0.339 e. The molecular weight excluding hydrogens is 340 g/mol. The van der Waals surface area contributed by atoms with E-state index in [1.54, 1.807) is 12.1 Å². The van der Waals surface area contributed by atoms with Crippen LogP contribution in [0.3, 0.4) is 0 Å². The molecule has 4 rings (SSSR count). The van der Waals surface area contributed by atoms with Gasteiger partial charge in [0.25, 0.3) is 0 Å². The molecule has 6 nitrogen and oxygen atoms in total. The Labute approximate surface area is 157 Å². The molecule has 1 aliphatic heterocycles. The summed E-state index contributed by atoms with van der Waals surface area (Å²) in [5.74, 6) is 0.885. The van der Waals surface area contributed by atoms with E-state index in [0.29, 0.717) is 17.2 Å². The van der Waals surface area contributed by atoms with Gasteiger partial charge in [-0.05, 0) is 37.1 Å². The summed E-state index contributed by atoms with van der Waals surface area (Å²) in [6.45, 7) is 2.82. The number of esters is 1. The Morgan fingerprint density at radius 2 is 1.89 bits per heavy atom. The SMILES string of the molecule is COC(=O)c1ccccc1Nc1nc(C)cc(N2CCc3ccccc32)n1. The first-order valence-corrected chi connectivity index (χ1v) is 8.81. The minimum atomic E-state index is -0.403. The summed E-state index contributed by atoms with van der Waals surface area (Å²) < 4.78 is 4.85. The van der Waals surface area contributed by atoms with Crippen LogP contribution in [-0.4, -0.2) is 29.6 Å². The molecule has 2 aromatic carbocycles. The number of aromatic nitrogens is 2. The molecule has 27 heavy (non-hydrogen) atoms. The molecule has 0 radical (unpaired) electrons. The van der Waals surface area contributed by atoms with E-state index in [-0.39, 0.29) is 0 Å². The van der Waals surface area contributed by atoms with Crippen LogP contribution in [0.2, 0.25) is 0 Å². The second-order valence-corrected chi connectivity index (χ2v) is 6.38. The van der Waals surface area contributed by atoms with Gasteiger partial charge in [-0.25, -0.2) is 9.78 Å². The quantitative estimate of drug-likeness (QED) is 0.709. The maximum Gasteiger partial charge on any atom is 0.339 e. The van der Waals surface area contributed by atoms with Gasteiger partial charge in [0.1, 0.15) is 5.82 Å². The lowest BCUT2D eigenvalue weighted by Gasteiger charge is -2.20. The van der Waals surface area contributed by atoms with Crippen LogP contribution in [0.4, 0.5) is 23.1 Å². The number of hydrogen-bond donors (Lipinski definition) is 1. The lowest BCUT2D eigenvalue weighted by molar-refractivity contribution is 0.0602. The van der Waals surface area contributed by atoms with E-state index in [9.17, 15) is 4.79 Å². The van der Waals surface area contributed by atoms with Crippen molar-refractivity contribution in [3.63, 3.8) is 0 Å². The van der Waals surface area contributed by atoms with Crippen molar-refractivity contribution in [2.45, 2.75) is 13.3 Å². The number of methoxy groups -OCH3 is 1. The Balaban J connectivity index is 1.68. The number of benzene rings is 2. The van der Waals surface area contributed by atoms with Gasteiger partial charge in [0, 0.05) is 24.0 Å². The van der Waals surface area contributed by atoms with Crippen LogP contribution < -0.4 is 10.2 Å². The van der Waals surface area contributed by atoms with Crippen LogP contribution in [-0.2, 0) is 11.2 Å². The van der Waals surface area contributed by atoms with E-state index in [4.69, 9.17) is 4.74 Å². The average Bonchev–Trinajstić information content (AvgIpc) is 3.11. The topological polar surface area (TPSA) is 67.3 Å². The Bertz CT molecular complexity index is 1000. The molecule has 1 aromatic heterocycles. The third-order valence-electron chi connectivity index (χ3n) is 4.58. The number of carbonyl (C=O) groups excluding carboxylic acids is 1. The summed E-state index contributed by atoms with van der Waals surface area (Å²) >= 11 is 0. The molecule has 0 atom stereocenters. The van der Waals surface area contributed by atoms with Gasteiger partial charge in [0.2, 0.25) is 5.95 Å². The molecule has 0 amide bonds. The fourth-order valence-electron chi connectivity index (χ4n) is 3.32.